The van der Waals surface area contributed by atoms with Crippen LogP contribution in [-0.2, 0) is 9.47 Å². The molecule has 96 valence electrons. The normalized spacial score (nSPS) is 14.6. The van der Waals surface area contributed by atoms with Crippen molar-refractivity contribution < 1.29 is 9.47 Å². The zero-order chi connectivity index (χ0) is 12.7. The quantitative estimate of drug-likeness (QED) is 0.789. The van der Waals surface area contributed by atoms with E-state index >= 15 is 0 Å². The molecule has 1 aromatic carbocycles. The van der Waals surface area contributed by atoms with Crippen LogP contribution in [0, 0.1) is 6.92 Å². The lowest BCUT2D eigenvalue weighted by Gasteiger charge is -2.19. The molecular formula is C14H23NO2. The minimum Gasteiger partial charge on any atom is -0.382 e. The molecule has 0 saturated carbocycles. The molecule has 17 heavy (non-hydrogen) atoms. The first-order valence-corrected chi connectivity index (χ1v) is 5.99. The van der Waals surface area contributed by atoms with Crippen LogP contribution < -0.4 is 5.32 Å². The van der Waals surface area contributed by atoms with Gasteiger partial charge in [0, 0.05) is 26.8 Å². The van der Waals surface area contributed by atoms with Crippen LogP contribution in [0.25, 0.3) is 0 Å². The lowest BCUT2D eigenvalue weighted by atomic mass is 10.1. The average molecular weight is 237 g/mol. The van der Waals surface area contributed by atoms with Gasteiger partial charge in [0.2, 0.25) is 0 Å². The van der Waals surface area contributed by atoms with Crippen molar-refractivity contribution in [2.45, 2.75) is 26.0 Å². The Labute approximate surface area is 104 Å². The van der Waals surface area contributed by atoms with Gasteiger partial charge in [-0.2, -0.15) is 0 Å². The van der Waals surface area contributed by atoms with Gasteiger partial charge in [-0.25, -0.2) is 0 Å². The SMILES string of the molecule is COCC(CNC(C)c1cccc(C)c1)OC. The molecule has 0 aliphatic rings. The van der Waals surface area contributed by atoms with E-state index in [1.165, 1.54) is 11.1 Å². The summed E-state index contributed by atoms with van der Waals surface area (Å²) in [5.74, 6) is 0. The minimum atomic E-state index is 0.104. The molecule has 2 atom stereocenters. The van der Waals surface area contributed by atoms with Crippen molar-refractivity contribution in [2.24, 2.45) is 0 Å². The maximum Gasteiger partial charge on any atom is 0.0928 e. The standard InChI is InChI=1S/C14H23NO2/c1-11-6-5-7-13(8-11)12(2)15-9-14(17-4)10-16-3/h5-8,12,14-15H,9-10H2,1-4H3. The zero-order valence-corrected chi connectivity index (χ0v) is 11.2. The summed E-state index contributed by atoms with van der Waals surface area (Å²) in [6.07, 6.45) is 0.104. The molecule has 0 amide bonds. The van der Waals surface area contributed by atoms with Crippen molar-refractivity contribution in [3.05, 3.63) is 35.4 Å². The highest BCUT2D eigenvalue weighted by Gasteiger charge is 2.10. The fourth-order valence-corrected chi connectivity index (χ4v) is 1.76. The largest absolute Gasteiger partial charge is 0.382 e. The van der Waals surface area contributed by atoms with Crippen LogP contribution in [0.5, 0.6) is 0 Å². The minimum absolute atomic E-state index is 0.104. The van der Waals surface area contributed by atoms with E-state index in [2.05, 4.69) is 43.4 Å². The van der Waals surface area contributed by atoms with Crippen molar-refractivity contribution in [3.63, 3.8) is 0 Å². The van der Waals surface area contributed by atoms with Crippen molar-refractivity contribution in [3.8, 4) is 0 Å². The highest BCUT2D eigenvalue weighted by molar-refractivity contribution is 5.24. The van der Waals surface area contributed by atoms with Gasteiger partial charge in [0.25, 0.3) is 0 Å². The van der Waals surface area contributed by atoms with Gasteiger partial charge in [-0.3, -0.25) is 0 Å². The van der Waals surface area contributed by atoms with E-state index in [9.17, 15) is 0 Å². The van der Waals surface area contributed by atoms with Crippen molar-refractivity contribution in [2.75, 3.05) is 27.4 Å². The molecule has 3 nitrogen and oxygen atoms in total. The lowest BCUT2D eigenvalue weighted by Crippen LogP contribution is -2.33. The molecule has 0 aromatic heterocycles. The molecule has 0 radical (unpaired) electrons. The third-order valence-electron chi connectivity index (χ3n) is 2.88. The molecule has 1 N–H and O–H groups in total. The van der Waals surface area contributed by atoms with Gasteiger partial charge in [-0.15, -0.1) is 0 Å². The number of aryl methyl sites for hydroxylation is 1. The molecule has 1 rings (SSSR count). The van der Waals surface area contributed by atoms with E-state index in [4.69, 9.17) is 9.47 Å². The van der Waals surface area contributed by atoms with Gasteiger partial charge in [0.05, 0.1) is 12.7 Å². The van der Waals surface area contributed by atoms with Gasteiger partial charge >= 0.3 is 0 Å². The molecule has 0 saturated heterocycles. The van der Waals surface area contributed by atoms with Gasteiger partial charge < -0.3 is 14.8 Å². The number of hydrogen-bond donors (Lipinski definition) is 1. The Morgan fingerprint density at radius 1 is 1.29 bits per heavy atom. The molecule has 0 heterocycles. The van der Waals surface area contributed by atoms with Crippen molar-refractivity contribution in [1.29, 1.82) is 0 Å². The fraction of sp³-hybridized carbons (Fsp3) is 0.571. The van der Waals surface area contributed by atoms with Crippen LogP contribution in [0.1, 0.15) is 24.1 Å². The second-order valence-electron chi connectivity index (χ2n) is 4.36. The molecule has 0 fully saturated rings. The first kappa shape index (κ1) is 14.2. The Balaban J connectivity index is 2.46. The Morgan fingerprint density at radius 3 is 2.65 bits per heavy atom. The summed E-state index contributed by atoms with van der Waals surface area (Å²) in [6.45, 7) is 5.68. The van der Waals surface area contributed by atoms with Crippen LogP contribution in [0.4, 0.5) is 0 Å². The second kappa shape index (κ2) is 7.43. The molecule has 3 heteroatoms. The molecular weight excluding hydrogens is 214 g/mol. The van der Waals surface area contributed by atoms with E-state index < -0.39 is 0 Å². The summed E-state index contributed by atoms with van der Waals surface area (Å²) in [6, 6.07) is 8.87. The van der Waals surface area contributed by atoms with Crippen molar-refractivity contribution in [1.82, 2.24) is 5.32 Å². The number of nitrogens with one attached hydrogen (secondary N) is 1. The number of methoxy groups -OCH3 is 2. The molecule has 2 unspecified atom stereocenters. The summed E-state index contributed by atoms with van der Waals surface area (Å²) in [7, 11) is 3.40. The van der Waals surface area contributed by atoms with Crippen LogP contribution in [-0.4, -0.2) is 33.5 Å². The number of rotatable bonds is 7. The van der Waals surface area contributed by atoms with Crippen LogP contribution >= 0.6 is 0 Å². The topological polar surface area (TPSA) is 30.5 Å². The highest BCUT2D eigenvalue weighted by atomic mass is 16.5. The fourth-order valence-electron chi connectivity index (χ4n) is 1.76. The third-order valence-corrected chi connectivity index (χ3v) is 2.88. The molecule has 1 aromatic rings. The van der Waals surface area contributed by atoms with E-state index in [0.717, 1.165) is 6.54 Å². The molecule has 0 aliphatic heterocycles. The van der Waals surface area contributed by atoms with Crippen molar-refractivity contribution >= 4 is 0 Å². The number of ether oxygens (including phenoxy) is 2. The first-order chi connectivity index (χ1) is 8.17. The predicted molar refractivity (Wildman–Crippen MR) is 70.3 cm³/mol. The Hall–Kier alpha value is -0.900. The molecule has 0 aliphatic carbocycles. The van der Waals surface area contributed by atoms with E-state index in [0.29, 0.717) is 12.6 Å². The maximum absolute atomic E-state index is 5.31. The number of hydrogen-bond acceptors (Lipinski definition) is 3. The van der Waals surface area contributed by atoms with Gasteiger partial charge in [-0.1, -0.05) is 29.8 Å². The highest BCUT2D eigenvalue weighted by Crippen LogP contribution is 2.13. The van der Waals surface area contributed by atoms with Crippen LogP contribution in [0.3, 0.4) is 0 Å². The summed E-state index contributed by atoms with van der Waals surface area (Å²) in [4.78, 5) is 0. The lowest BCUT2D eigenvalue weighted by molar-refractivity contribution is 0.0276. The van der Waals surface area contributed by atoms with E-state index in [1.54, 1.807) is 14.2 Å². The average Bonchev–Trinajstić information content (AvgIpc) is 2.34. The zero-order valence-electron chi connectivity index (χ0n) is 11.2. The van der Waals surface area contributed by atoms with Crippen LogP contribution in [0.2, 0.25) is 0 Å². The third kappa shape index (κ3) is 4.86. The Morgan fingerprint density at radius 2 is 2.06 bits per heavy atom. The van der Waals surface area contributed by atoms with E-state index in [-0.39, 0.29) is 6.10 Å². The van der Waals surface area contributed by atoms with Crippen LogP contribution in [0.15, 0.2) is 24.3 Å². The summed E-state index contributed by atoms with van der Waals surface area (Å²) in [5, 5.41) is 3.46. The summed E-state index contributed by atoms with van der Waals surface area (Å²) < 4.78 is 10.4. The maximum atomic E-state index is 5.31. The first-order valence-electron chi connectivity index (χ1n) is 5.99. The van der Waals surface area contributed by atoms with Gasteiger partial charge in [0.1, 0.15) is 0 Å². The Bertz CT molecular complexity index is 328. The second-order valence-corrected chi connectivity index (χ2v) is 4.36. The van der Waals surface area contributed by atoms with E-state index in [1.807, 2.05) is 0 Å². The Kier molecular flexibility index (Phi) is 6.19. The summed E-state index contributed by atoms with van der Waals surface area (Å²) >= 11 is 0. The smallest absolute Gasteiger partial charge is 0.0928 e. The molecule has 0 bridgehead atoms. The number of benzene rings is 1. The van der Waals surface area contributed by atoms with Gasteiger partial charge in [-0.05, 0) is 19.4 Å². The monoisotopic (exact) mass is 237 g/mol. The van der Waals surface area contributed by atoms with Gasteiger partial charge in [0.15, 0.2) is 0 Å². The predicted octanol–water partition coefficient (Wildman–Crippen LogP) is 2.31. The molecule has 0 spiro atoms. The summed E-state index contributed by atoms with van der Waals surface area (Å²) in [5.41, 5.74) is 2.59.